The molecule has 4 rings (SSSR count). The molecule has 3 aromatic carbocycles. The van der Waals surface area contributed by atoms with Gasteiger partial charge in [-0.2, -0.15) is 0 Å². The van der Waals surface area contributed by atoms with E-state index in [0.717, 1.165) is 27.9 Å². The number of likely N-dealkylation sites (tertiary alicyclic amines) is 1. The summed E-state index contributed by atoms with van der Waals surface area (Å²) in [6, 6.07) is 22.4. The van der Waals surface area contributed by atoms with Gasteiger partial charge in [-0.15, -0.1) is 0 Å². The molecular formula is C28H28N2O3. The fraction of sp³-hybridized carbons (Fsp3) is 0.214. The van der Waals surface area contributed by atoms with Crippen molar-refractivity contribution in [1.82, 2.24) is 4.90 Å². The van der Waals surface area contributed by atoms with Crippen LogP contribution in [0.2, 0.25) is 0 Å². The molecule has 1 aliphatic heterocycles. The molecule has 3 aromatic rings. The largest absolute Gasteiger partial charge is 0.507 e. The maximum atomic E-state index is 13.3. The van der Waals surface area contributed by atoms with Gasteiger partial charge in [0.2, 0.25) is 0 Å². The Morgan fingerprint density at radius 1 is 0.939 bits per heavy atom. The first-order valence-corrected chi connectivity index (χ1v) is 10.9. The summed E-state index contributed by atoms with van der Waals surface area (Å²) in [6.07, 6.45) is 0. The molecule has 33 heavy (non-hydrogen) atoms. The normalized spacial score (nSPS) is 17.5. The number of hydrogen-bond acceptors (Lipinski definition) is 4. The first-order valence-electron chi connectivity index (χ1n) is 10.9. The van der Waals surface area contributed by atoms with E-state index in [2.05, 4.69) is 0 Å². The van der Waals surface area contributed by atoms with Crippen LogP contribution in [0.3, 0.4) is 0 Å². The first-order chi connectivity index (χ1) is 15.8. The summed E-state index contributed by atoms with van der Waals surface area (Å²) in [6.45, 7) is 4.09. The molecule has 0 aromatic heterocycles. The summed E-state index contributed by atoms with van der Waals surface area (Å²) in [5, 5.41) is 11.3. The highest BCUT2D eigenvalue weighted by atomic mass is 16.3. The lowest BCUT2D eigenvalue weighted by Gasteiger charge is -2.26. The number of amides is 1. The maximum absolute atomic E-state index is 13.3. The number of aliphatic hydroxyl groups excluding tert-OH is 1. The number of aryl methyl sites for hydroxylation is 2. The van der Waals surface area contributed by atoms with Gasteiger partial charge in [-0.25, -0.2) is 0 Å². The number of Topliss-reactive ketones (excluding diaryl/α,β-unsaturated/α-hetero) is 1. The first kappa shape index (κ1) is 22.3. The lowest BCUT2D eigenvalue weighted by atomic mass is 9.93. The van der Waals surface area contributed by atoms with Crippen LogP contribution < -0.4 is 4.90 Å². The third kappa shape index (κ3) is 4.27. The van der Waals surface area contributed by atoms with Crippen molar-refractivity contribution in [2.45, 2.75) is 26.4 Å². The highest BCUT2D eigenvalue weighted by Gasteiger charge is 2.46. The van der Waals surface area contributed by atoms with E-state index in [1.165, 1.54) is 0 Å². The molecule has 0 bridgehead atoms. The summed E-state index contributed by atoms with van der Waals surface area (Å²) >= 11 is 0. The summed E-state index contributed by atoms with van der Waals surface area (Å²) in [7, 11) is 3.91. The minimum absolute atomic E-state index is 0.127. The zero-order valence-corrected chi connectivity index (χ0v) is 19.4. The molecule has 5 nitrogen and oxygen atoms in total. The van der Waals surface area contributed by atoms with Gasteiger partial charge < -0.3 is 14.9 Å². The van der Waals surface area contributed by atoms with Crippen LogP contribution in [-0.2, 0) is 16.1 Å². The van der Waals surface area contributed by atoms with E-state index in [1.54, 1.807) is 4.90 Å². The van der Waals surface area contributed by atoms with Crippen molar-refractivity contribution in [2.24, 2.45) is 0 Å². The molecule has 1 heterocycles. The van der Waals surface area contributed by atoms with Crippen LogP contribution in [0, 0.1) is 13.8 Å². The Kier molecular flexibility index (Phi) is 6.05. The van der Waals surface area contributed by atoms with Gasteiger partial charge in [0.15, 0.2) is 0 Å². The van der Waals surface area contributed by atoms with Gasteiger partial charge in [0, 0.05) is 31.9 Å². The van der Waals surface area contributed by atoms with Gasteiger partial charge in [0.1, 0.15) is 5.76 Å². The topological polar surface area (TPSA) is 60.9 Å². The molecule has 5 heteroatoms. The fourth-order valence-corrected chi connectivity index (χ4v) is 4.26. The van der Waals surface area contributed by atoms with Crippen LogP contribution in [0.25, 0.3) is 5.76 Å². The Bertz CT molecular complexity index is 1230. The van der Waals surface area contributed by atoms with Crippen molar-refractivity contribution >= 4 is 23.1 Å². The Morgan fingerprint density at radius 3 is 2.24 bits per heavy atom. The summed E-state index contributed by atoms with van der Waals surface area (Å²) in [4.78, 5) is 30.0. The number of carbonyl (C=O) groups is 2. The molecule has 1 fully saturated rings. The molecule has 1 aliphatic rings. The predicted octanol–water partition coefficient (Wildman–Crippen LogP) is 4.99. The zero-order valence-electron chi connectivity index (χ0n) is 19.4. The number of ketones is 1. The lowest BCUT2D eigenvalue weighted by molar-refractivity contribution is -0.140. The molecule has 1 atom stereocenters. The van der Waals surface area contributed by atoms with Gasteiger partial charge in [-0.05, 0) is 48.7 Å². The second-order valence-electron chi connectivity index (χ2n) is 8.72. The highest BCUT2D eigenvalue weighted by molar-refractivity contribution is 6.46. The predicted molar refractivity (Wildman–Crippen MR) is 131 cm³/mol. The van der Waals surface area contributed by atoms with Crippen molar-refractivity contribution in [3.05, 3.63) is 106 Å². The third-order valence-corrected chi connectivity index (χ3v) is 6.11. The number of nitrogens with zero attached hydrogens (tertiary/aromatic N) is 2. The van der Waals surface area contributed by atoms with E-state index < -0.39 is 17.7 Å². The smallest absolute Gasteiger partial charge is 0.295 e. The molecule has 1 N–H and O–H groups in total. The van der Waals surface area contributed by atoms with E-state index in [-0.39, 0.29) is 17.9 Å². The molecular weight excluding hydrogens is 412 g/mol. The van der Waals surface area contributed by atoms with E-state index >= 15 is 0 Å². The number of anilines is 1. The molecule has 1 saturated heterocycles. The highest BCUT2D eigenvalue weighted by Crippen LogP contribution is 2.41. The maximum Gasteiger partial charge on any atom is 0.295 e. The summed E-state index contributed by atoms with van der Waals surface area (Å²) in [5.41, 5.74) is 5.21. The molecule has 0 radical (unpaired) electrons. The van der Waals surface area contributed by atoms with Crippen LogP contribution in [-0.4, -0.2) is 35.8 Å². The van der Waals surface area contributed by atoms with Gasteiger partial charge >= 0.3 is 0 Å². The Balaban J connectivity index is 1.89. The van der Waals surface area contributed by atoms with Crippen molar-refractivity contribution in [1.29, 1.82) is 0 Å². The van der Waals surface area contributed by atoms with Crippen molar-refractivity contribution in [2.75, 3.05) is 19.0 Å². The van der Waals surface area contributed by atoms with Gasteiger partial charge in [0.25, 0.3) is 11.7 Å². The Hall–Kier alpha value is -3.86. The standard InChI is InChI=1S/C28H28N2O3/c1-18-10-11-19(2)23(16-18)26(31)24-25(21-12-14-22(15-13-21)29(3)4)30(28(33)27(24)32)17-20-8-6-5-7-9-20/h5-16,25,31H,17H2,1-4H3/b26-24+. The molecule has 1 unspecified atom stereocenters. The average Bonchev–Trinajstić information content (AvgIpc) is 3.06. The van der Waals surface area contributed by atoms with Crippen molar-refractivity contribution in [3.8, 4) is 0 Å². The minimum Gasteiger partial charge on any atom is -0.507 e. The SMILES string of the molecule is Cc1ccc(C)c(/C(O)=C2\C(=O)C(=O)N(Cc3ccccc3)C2c2ccc(N(C)C)cc2)c1. The molecule has 0 saturated carbocycles. The van der Waals surface area contributed by atoms with Gasteiger partial charge in [-0.3, -0.25) is 9.59 Å². The molecule has 0 spiro atoms. The summed E-state index contributed by atoms with van der Waals surface area (Å²) < 4.78 is 0. The van der Waals surface area contributed by atoms with Crippen LogP contribution in [0.1, 0.15) is 33.9 Å². The third-order valence-electron chi connectivity index (χ3n) is 6.11. The van der Waals surface area contributed by atoms with E-state index in [1.807, 2.05) is 106 Å². The van der Waals surface area contributed by atoms with Crippen LogP contribution in [0.15, 0.2) is 78.4 Å². The number of rotatable bonds is 5. The lowest BCUT2D eigenvalue weighted by Crippen LogP contribution is -2.29. The second kappa shape index (κ2) is 8.94. The van der Waals surface area contributed by atoms with Gasteiger partial charge in [0.05, 0.1) is 11.6 Å². The monoisotopic (exact) mass is 440 g/mol. The van der Waals surface area contributed by atoms with Gasteiger partial charge in [-0.1, -0.05) is 60.2 Å². The molecule has 0 aliphatic carbocycles. The second-order valence-corrected chi connectivity index (χ2v) is 8.72. The molecule has 168 valence electrons. The summed E-state index contributed by atoms with van der Waals surface area (Å²) in [5.74, 6) is -1.40. The quantitative estimate of drug-likeness (QED) is 0.345. The number of benzene rings is 3. The minimum atomic E-state index is -0.679. The Morgan fingerprint density at radius 2 is 1.61 bits per heavy atom. The number of hydrogen-bond donors (Lipinski definition) is 1. The molecule has 1 amide bonds. The van der Waals surface area contributed by atoms with E-state index in [0.29, 0.717) is 5.56 Å². The fourth-order valence-electron chi connectivity index (χ4n) is 4.26. The number of aliphatic hydroxyl groups is 1. The average molecular weight is 441 g/mol. The van der Waals surface area contributed by atoms with Crippen LogP contribution in [0.4, 0.5) is 5.69 Å². The van der Waals surface area contributed by atoms with Crippen LogP contribution >= 0.6 is 0 Å². The van der Waals surface area contributed by atoms with Crippen molar-refractivity contribution < 1.29 is 14.7 Å². The van der Waals surface area contributed by atoms with Crippen LogP contribution in [0.5, 0.6) is 0 Å². The number of carbonyl (C=O) groups excluding carboxylic acids is 2. The van der Waals surface area contributed by atoms with E-state index in [4.69, 9.17) is 0 Å². The zero-order chi connectivity index (χ0) is 23.7. The van der Waals surface area contributed by atoms with Crippen molar-refractivity contribution in [3.63, 3.8) is 0 Å². The Labute approximate surface area is 194 Å². The van der Waals surface area contributed by atoms with E-state index in [9.17, 15) is 14.7 Å².